The van der Waals surface area contributed by atoms with Gasteiger partial charge < -0.3 is 9.84 Å². The second-order valence-electron chi connectivity index (χ2n) is 4.58. The van der Waals surface area contributed by atoms with Crippen LogP contribution in [-0.4, -0.2) is 23.0 Å². The highest BCUT2D eigenvalue weighted by Crippen LogP contribution is 2.23. The van der Waals surface area contributed by atoms with E-state index >= 15 is 0 Å². The first-order valence-corrected chi connectivity index (χ1v) is 6.08. The lowest BCUT2D eigenvalue weighted by molar-refractivity contribution is 0.0529. The fraction of sp³-hybridized carbons (Fsp3) is 0.333. The van der Waals surface area contributed by atoms with Crippen molar-refractivity contribution in [2.45, 2.75) is 26.4 Å². The van der Waals surface area contributed by atoms with Gasteiger partial charge in [-0.1, -0.05) is 0 Å². The van der Waals surface area contributed by atoms with Gasteiger partial charge in [0.1, 0.15) is 11.4 Å². The van der Waals surface area contributed by atoms with Gasteiger partial charge >= 0.3 is 6.09 Å². The van der Waals surface area contributed by atoms with Crippen molar-refractivity contribution in [3.05, 3.63) is 28.2 Å². The summed E-state index contributed by atoms with van der Waals surface area (Å²) in [5, 5.41) is 13.0. The molecule has 1 rings (SSSR count). The third-order valence-corrected chi connectivity index (χ3v) is 2.38. The maximum absolute atomic E-state index is 11.3. The number of carbonyl (C=O) groups is 1. The van der Waals surface area contributed by atoms with Crippen molar-refractivity contribution >= 4 is 28.2 Å². The van der Waals surface area contributed by atoms with Crippen LogP contribution in [0.25, 0.3) is 0 Å². The minimum absolute atomic E-state index is 0.146. The van der Waals surface area contributed by atoms with E-state index in [4.69, 9.17) is 4.74 Å². The summed E-state index contributed by atoms with van der Waals surface area (Å²) in [6.07, 6.45) is 0.838. The van der Waals surface area contributed by atoms with Gasteiger partial charge in [0, 0.05) is 0 Å². The molecule has 0 spiro atoms. The molecule has 5 nitrogen and oxygen atoms in total. The van der Waals surface area contributed by atoms with Gasteiger partial charge in [-0.3, -0.25) is 0 Å². The number of benzene rings is 1. The molecule has 0 saturated carbocycles. The van der Waals surface area contributed by atoms with E-state index in [-0.39, 0.29) is 5.75 Å². The maximum Gasteiger partial charge on any atom is 0.428 e. The Kier molecular flexibility index (Phi) is 4.72. The standard InChI is InChI=1S/C12H15BrN2O3/c1-12(2,3)18-11(17)15-14-7-8-4-5-10(16)9(13)6-8/h4-7,16H,1-3H3,(H,15,17). The molecule has 0 aliphatic heterocycles. The highest BCUT2D eigenvalue weighted by Gasteiger charge is 2.15. The molecule has 1 aromatic carbocycles. The van der Waals surface area contributed by atoms with Gasteiger partial charge in [-0.2, -0.15) is 5.10 Å². The van der Waals surface area contributed by atoms with Gasteiger partial charge in [-0.15, -0.1) is 0 Å². The second kappa shape index (κ2) is 5.86. The van der Waals surface area contributed by atoms with Crippen molar-refractivity contribution in [1.29, 1.82) is 0 Å². The Morgan fingerprint density at radius 3 is 2.72 bits per heavy atom. The number of ether oxygens (including phenoxy) is 1. The van der Waals surface area contributed by atoms with Crippen LogP contribution >= 0.6 is 15.9 Å². The molecule has 0 bridgehead atoms. The number of aromatic hydroxyl groups is 1. The Hall–Kier alpha value is -1.56. The predicted molar refractivity (Wildman–Crippen MR) is 72.8 cm³/mol. The average Bonchev–Trinajstić information content (AvgIpc) is 2.20. The molecule has 98 valence electrons. The number of halogens is 1. The Morgan fingerprint density at radius 2 is 2.17 bits per heavy atom. The zero-order chi connectivity index (χ0) is 13.8. The molecule has 18 heavy (non-hydrogen) atoms. The zero-order valence-corrected chi connectivity index (χ0v) is 12.0. The first kappa shape index (κ1) is 14.5. The van der Waals surface area contributed by atoms with Crippen molar-refractivity contribution in [2.75, 3.05) is 0 Å². The fourth-order valence-corrected chi connectivity index (χ4v) is 1.46. The summed E-state index contributed by atoms with van der Waals surface area (Å²) >= 11 is 3.18. The molecule has 1 aromatic rings. The Morgan fingerprint density at radius 1 is 1.50 bits per heavy atom. The Bertz CT molecular complexity index is 467. The number of amides is 1. The van der Waals surface area contributed by atoms with E-state index in [1.807, 2.05) is 0 Å². The number of phenolic OH excluding ortho intramolecular Hbond substituents is 1. The zero-order valence-electron chi connectivity index (χ0n) is 10.4. The van der Waals surface area contributed by atoms with Gasteiger partial charge in [0.25, 0.3) is 0 Å². The first-order chi connectivity index (χ1) is 8.28. The lowest BCUT2D eigenvalue weighted by Crippen LogP contribution is -2.29. The maximum atomic E-state index is 11.3. The summed E-state index contributed by atoms with van der Waals surface area (Å²) in [5.74, 6) is 0.146. The molecular formula is C12H15BrN2O3. The summed E-state index contributed by atoms with van der Waals surface area (Å²) in [5.41, 5.74) is 2.43. The van der Waals surface area contributed by atoms with Crippen LogP contribution in [0.5, 0.6) is 5.75 Å². The molecule has 0 aliphatic carbocycles. The number of hydrogen-bond donors (Lipinski definition) is 2. The van der Waals surface area contributed by atoms with Gasteiger partial charge in [0.15, 0.2) is 0 Å². The van der Waals surface area contributed by atoms with Crippen LogP contribution in [0.2, 0.25) is 0 Å². The number of hydrazone groups is 1. The summed E-state index contributed by atoms with van der Waals surface area (Å²) in [6.45, 7) is 5.31. The van der Waals surface area contributed by atoms with E-state index in [0.29, 0.717) is 4.47 Å². The lowest BCUT2D eigenvalue weighted by atomic mass is 10.2. The van der Waals surface area contributed by atoms with Crippen LogP contribution in [0.4, 0.5) is 4.79 Å². The molecule has 6 heteroatoms. The number of hydrogen-bond acceptors (Lipinski definition) is 4. The van der Waals surface area contributed by atoms with E-state index in [2.05, 4.69) is 26.5 Å². The molecule has 0 saturated heterocycles. The monoisotopic (exact) mass is 314 g/mol. The molecule has 0 unspecified atom stereocenters. The van der Waals surface area contributed by atoms with Crippen molar-refractivity contribution in [3.8, 4) is 5.75 Å². The number of phenols is 1. The number of carbonyl (C=O) groups excluding carboxylic acids is 1. The van der Waals surface area contributed by atoms with Crippen LogP contribution in [0, 0.1) is 0 Å². The molecule has 0 aliphatic rings. The van der Waals surface area contributed by atoms with Crippen LogP contribution in [-0.2, 0) is 4.74 Å². The summed E-state index contributed by atoms with van der Waals surface area (Å²) in [4.78, 5) is 11.3. The molecule has 0 radical (unpaired) electrons. The summed E-state index contributed by atoms with van der Waals surface area (Å²) in [7, 11) is 0. The highest BCUT2D eigenvalue weighted by molar-refractivity contribution is 9.10. The highest BCUT2D eigenvalue weighted by atomic mass is 79.9. The van der Waals surface area contributed by atoms with E-state index < -0.39 is 11.7 Å². The number of nitrogens with zero attached hydrogens (tertiary/aromatic N) is 1. The van der Waals surface area contributed by atoms with Crippen molar-refractivity contribution in [3.63, 3.8) is 0 Å². The molecule has 0 fully saturated rings. The minimum atomic E-state index is -0.614. The Balaban J connectivity index is 2.55. The average molecular weight is 315 g/mol. The van der Waals surface area contributed by atoms with E-state index in [1.54, 1.807) is 32.9 Å². The van der Waals surface area contributed by atoms with Crippen LogP contribution in [0.1, 0.15) is 26.3 Å². The van der Waals surface area contributed by atoms with Crippen LogP contribution in [0.3, 0.4) is 0 Å². The van der Waals surface area contributed by atoms with Gasteiger partial charge in [0.2, 0.25) is 0 Å². The fourth-order valence-electron chi connectivity index (χ4n) is 1.06. The lowest BCUT2D eigenvalue weighted by Gasteiger charge is -2.18. The van der Waals surface area contributed by atoms with Crippen molar-refractivity contribution < 1.29 is 14.6 Å². The van der Waals surface area contributed by atoms with E-state index in [1.165, 1.54) is 12.3 Å². The van der Waals surface area contributed by atoms with Crippen molar-refractivity contribution in [2.24, 2.45) is 5.10 Å². The van der Waals surface area contributed by atoms with Crippen LogP contribution < -0.4 is 5.43 Å². The normalized spacial score (nSPS) is 11.6. The van der Waals surface area contributed by atoms with Gasteiger partial charge in [-0.25, -0.2) is 10.2 Å². The van der Waals surface area contributed by atoms with Crippen molar-refractivity contribution in [1.82, 2.24) is 5.43 Å². The third kappa shape index (κ3) is 5.18. The summed E-state index contributed by atoms with van der Waals surface area (Å²) < 4.78 is 5.56. The molecular weight excluding hydrogens is 300 g/mol. The molecule has 1 amide bonds. The molecule has 2 N–H and O–H groups in total. The topological polar surface area (TPSA) is 70.9 Å². The quantitative estimate of drug-likeness (QED) is 0.651. The largest absolute Gasteiger partial charge is 0.507 e. The SMILES string of the molecule is CC(C)(C)OC(=O)NN=Cc1ccc(O)c(Br)c1. The molecule has 0 aromatic heterocycles. The van der Waals surface area contributed by atoms with Crippen LogP contribution in [0.15, 0.2) is 27.8 Å². The Labute approximate surface area is 114 Å². The molecule has 0 atom stereocenters. The third-order valence-electron chi connectivity index (χ3n) is 1.74. The second-order valence-corrected chi connectivity index (χ2v) is 5.44. The van der Waals surface area contributed by atoms with Gasteiger partial charge in [0.05, 0.1) is 10.7 Å². The minimum Gasteiger partial charge on any atom is -0.507 e. The van der Waals surface area contributed by atoms with E-state index in [9.17, 15) is 9.90 Å². The number of nitrogens with one attached hydrogen (secondary N) is 1. The predicted octanol–water partition coefficient (Wildman–Crippen LogP) is 3.01. The first-order valence-electron chi connectivity index (χ1n) is 5.28. The summed E-state index contributed by atoms with van der Waals surface area (Å²) in [6, 6.07) is 4.87. The smallest absolute Gasteiger partial charge is 0.428 e. The number of rotatable bonds is 2. The van der Waals surface area contributed by atoms with Gasteiger partial charge in [-0.05, 0) is 60.5 Å². The van der Waals surface area contributed by atoms with E-state index in [0.717, 1.165) is 5.56 Å². The molecule has 0 heterocycles.